The number of nitrogens with one attached hydrogen (secondary N) is 3. The largest absolute Gasteiger partial charge is 0.356 e. The Morgan fingerprint density at radius 2 is 2.13 bits per heavy atom. The molecule has 3 aromatic rings. The van der Waals surface area contributed by atoms with Crippen LogP contribution in [0.3, 0.4) is 0 Å². The van der Waals surface area contributed by atoms with Crippen molar-refractivity contribution in [3.05, 3.63) is 65.2 Å². The van der Waals surface area contributed by atoms with E-state index in [4.69, 9.17) is 0 Å². The van der Waals surface area contributed by atoms with E-state index in [1.165, 1.54) is 12.1 Å². The molecule has 1 aliphatic rings. The van der Waals surface area contributed by atoms with Crippen molar-refractivity contribution in [3.8, 4) is 0 Å². The zero-order chi connectivity index (χ0) is 21.8. The summed E-state index contributed by atoms with van der Waals surface area (Å²) in [5.41, 5.74) is 3.80. The number of amides is 2. The molecule has 2 aromatic carbocycles. The van der Waals surface area contributed by atoms with Gasteiger partial charge in [-0.1, -0.05) is 24.3 Å². The van der Waals surface area contributed by atoms with E-state index >= 15 is 0 Å². The molecule has 2 amide bonds. The van der Waals surface area contributed by atoms with E-state index in [9.17, 15) is 14.0 Å². The summed E-state index contributed by atoms with van der Waals surface area (Å²) in [4.78, 5) is 34.7. The predicted molar refractivity (Wildman–Crippen MR) is 116 cm³/mol. The number of halogens is 1. The molecule has 8 heteroatoms. The minimum atomic E-state index is -0.578. The molecule has 0 spiro atoms. The molecule has 1 saturated heterocycles. The first-order valence-electron chi connectivity index (χ1n) is 10.5. The third kappa shape index (κ3) is 5.08. The van der Waals surface area contributed by atoms with Crippen molar-refractivity contribution in [1.82, 2.24) is 25.5 Å². The van der Waals surface area contributed by atoms with Crippen molar-refractivity contribution in [3.63, 3.8) is 0 Å². The number of imidazole rings is 1. The summed E-state index contributed by atoms with van der Waals surface area (Å²) in [6.07, 6.45) is 0.629. The van der Waals surface area contributed by atoms with E-state index in [0.717, 1.165) is 28.0 Å². The number of rotatable bonds is 7. The Bertz CT molecular complexity index is 1100. The van der Waals surface area contributed by atoms with E-state index in [-0.39, 0.29) is 24.1 Å². The van der Waals surface area contributed by atoms with Gasteiger partial charge in [0.2, 0.25) is 11.8 Å². The van der Waals surface area contributed by atoms with Gasteiger partial charge in [-0.3, -0.25) is 14.5 Å². The van der Waals surface area contributed by atoms with Crippen LogP contribution < -0.4 is 10.6 Å². The number of H-pyrrole nitrogens is 1. The number of hydrogen-bond acceptors (Lipinski definition) is 4. The Labute approximate surface area is 180 Å². The summed E-state index contributed by atoms with van der Waals surface area (Å²) < 4.78 is 13.5. The number of aromatic nitrogens is 2. The number of nitrogens with zero attached hydrogens (tertiary/aromatic N) is 2. The van der Waals surface area contributed by atoms with Gasteiger partial charge in [0.1, 0.15) is 11.6 Å². The Morgan fingerprint density at radius 3 is 2.94 bits per heavy atom. The summed E-state index contributed by atoms with van der Waals surface area (Å²) in [5.74, 6) is 0.130. The van der Waals surface area contributed by atoms with Crippen LogP contribution in [0.5, 0.6) is 0 Å². The van der Waals surface area contributed by atoms with Crippen molar-refractivity contribution in [1.29, 1.82) is 0 Å². The maximum atomic E-state index is 13.5. The second-order valence-electron chi connectivity index (χ2n) is 7.87. The molecule has 31 heavy (non-hydrogen) atoms. The number of aromatic amines is 1. The number of carbonyl (C=O) groups excluding carboxylic acids is 2. The fourth-order valence-corrected chi connectivity index (χ4v) is 3.96. The molecule has 4 rings (SSSR count). The van der Waals surface area contributed by atoms with Gasteiger partial charge in [0.15, 0.2) is 0 Å². The summed E-state index contributed by atoms with van der Waals surface area (Å²) >= 11 is 0. The molecule has 2 heterocycles. The van der Waals surface area contributed by atoms with Crippen LogP contribution in [0.25, 0.3) is 11.0 Å². The Kier molecular flexibility index (Phi) is 6.27. The number of hydrogen-bond donors (Lipinski definition) is 3. The van der Waals surface area contributed by atoms with Crippen molar-refractivity contribution in [2.45, 2.75) is 32.4 Å². The first kappa shape index (κ1) is 21.0. The van der Waals surface area contributed by atoms with Crippen molar-refractivity contribution < 1.29 is 14.0 Å². The van der Waals surface area contributed by atoms with Gasteiger partial charge in [0.25, 0.3) is 0 Å². The van der Waals surface area contributed by atoms with E-state index in [1.54, 1.807) is 6.07 Å². The summed E-state index contributed by atoms with van der Waals surface area (Å²) in [6, 6.07) is 11.7. The second-order valence-corrected chi connectivity index (χ2v) is 7.87. The molecule has 0 bridgehead atoms. The molecule has 0 saturated carbocycles. The lowest BCUT2D eigenvalue weighted by atomic mass is 10.1. The number of aryl methyl sites for hydroxylation is 1. The molecular weight excluding hydrogens is 397 g/mol. The number of carbonyl (C=O) groups is 2. The van der Waals surface area contributed by atoms with Crippen molar-refractivity contribution in [2.24, 2.45) is 0 Å². The molecule has 0 radical (unpaired) electrons. The molecule has 1 aliphatic heterocycles. The maximum Gasteiger partial charge on any atom is 0.237 e. The zero-order valence-corrected chi connectivity index (χ0v) is 17.5. The summed E-state index contributed by atoms with van der Waals surface area (Å²) in [5, 5.41) is 5.70. The Morgan fingerprint density at radius 1 is 1.29 bits per heavy atom. The summed E-state index contributed by atoms with van der Waals surface area (Å²) in [6.45, 7) is 3.98. The van der Waals surface area contributed by atoms with E-state index in [0.29, 0.717) is 32.6 Å². The van der Waals surface area contributed by atoms with Gasteiger partial charge in [-0.25, -0.2) is 9.37 Å². The van der Waals surface area contributed by atoms with Crippen LogP contribution in [-0.2, 0) is 22.6 Å². The second kappa shape index (κ2) is 9.26. The fraction of sp³-hybridized carbons (Fsp3) is 0.348. The highest BCUT2D eigenvalue weighted by atomic mass is 19.1. The molecular formula is C23H26FN5O2. The van der Waals surface area contributed by atoms with E-state index < -0.39 is 6.04 Å². The van der Waals surface area contributed by atoms with Gasteiger partial charge in [-0.05, 0) is 36.2 Å². The lowest BCUT2D eigenvalue weighted by Gasteiger charge is -2.34. The van der Waals surface area contributed by atoms with Gasteiger partial charge >= 0.3 is 0 Å². The van der Waals surface area contributed by atoms with Crippen LogP contribution in [0.15, 0.2) is 42.5 Å². The highest BCUT2D eigenvalue weighted by molar-refractivity contribution is 5.88. The molecule has 3 N–H and O–H groups in total. The summed E-state index contributed by atoms with van der Waals surface area (Å²) in [7, 11) is 0. The first-order valence-corrected chi connectivity index (χ1v) is 10.5. The number of piperazine rings is 1. The standard InChI is InChI=1S/C23H26FN5O2/c1-15-4-2-7-18-22(15)28-20(27-18)8-9-25-21(30)13-19-23(31)26-10-11-29(19)14-16-5-3-6-17(24)12-16/h2-7,12,19H,8-11,13-14H2,1H3,(H,25,30)(H,26,31)(H,27,28)/t19-/m1/s1. The molecule has 1 fully saturated rings. The van der Waals surface area contributed by atoms with Crippen LogP contribution in [0.4, 0.5) is 4.39 Å². The predicted octanol–water partition coefficient (Wildman–Crippen LogP) is 2.06. The van der Waals surface area contributed by atoms with Crippen LogP contribution >= 0.6 is 0 Å². The zero-order valence-electron chi connectivity index (χ0n) is 17.5. The minimum Gasteiger partial charge on any atom is -0.356 e. The highest BCUT2D eigenvalue weighted by Gasteiger charge is 2.31. The van der Waals surface area contributed by atoms with Crippen LogP contribution in [-0.4, -0.2) is 52.4 Å². The molecule has 7 nitrogen and oxygen atoms in total. The molecule has 0 aliphatic carbocycles. The first-order chi connectivity index (χ1) is 15.0. The van der Waals surface area contributed by atoms with Crippen molar-refractivity contribution >= 4 is 22.8 Å². The van der Waals surface area contributed by atoms with E-state index in [1.807, 2.05) is 36.1 Å². The Balaban J connectivity index is 1.33. The maximum absolute atomic E-state index is 13.5. The van der Waals surface area contributed by atoms with Crippen LogP contribution in [0.1, 0.15) is 23.4 Å². The topological polar surface area (TPSA) is 90.1 Å². The number of benzene rings is 2. The minimum absolute atomic E-state index is 0.0559. The monoisotopic (exact) mass is 423 g/mol. The van der Waals surface area contributed by atoms with Gasteiger partial charge in [0, 0.05) is 32.6 Å². The normalized spacial score (nSPS) is 17.0. The third-order valence-electron chi connectivity index (χ3n) is 5.54. The molecule has 1 aromatic heterocycles. The molecule has 162 valence electrons. The average molecular weight is 423 g/mol. The average Bonchev–Trinajstić information content (AvgIpc) is 3.15. The Hall–Kier alpha value is -3.26. The third-order valence-corrected chi connectivity index (χ3v) is 5.54. The van der Waals surface area contributed by atoms with Crippen molar-refractivity contribution in [2.75, 3.05) is 19.6 Å². The molecule has 1 atom stereocenters. The van der Waals surface area contributed by atoms with Gasteiger partial charge in [-0.2, -0.15) is 0 Å². The van der Waals surface area contributed by atoms with Gasteiger partial charge in [-0.15, -0.1) is 0 Å². The number of para-hydroxylation sites is 1. The lowest BCUT2D eigenvalue weighted by Crippen LogP contribution is -2.56. The highest BCUT2D eigenvalue weighted by Crippen LogP contribution is 2.16. The van der Waals surface area contributed by atoms with Gasteiger partial charge in [0.05, 0.1) is 23.5 Å². The fourth-order valence-electron chi connectivity index (χ4n) is 3.96. The van der Waals surface area contributed by atoms with Crippen LogP contribution in [0.2, 0.25) is 0 Å². The quantitative estimate of drug-likeness (QED) is 0.543. The van der Waals surface area contributed by atoms with E-state index in [2.05, 4.69) is 20.6 Å². The lowest BCUT2D eigenvalue weighted by molar-refractivity contribution is -0.134. The van der Waals surface area contributed by atoms with Gasteiger partial charge < -0.3 is 15.6 Å². The molecule has 0 unspecified atom stereocenters. The number of fused-ring (bicyclic) bond motifs is 1. The smallest absolute Gasteiger partial charge is 0.237 e. The SMILES string of the molecule is Cc1cccc2[nH]c(CCNC(=O)C[C@@H]3C(=O)NCCN3Cc3cccc(F)c3)nc12. The van der Waals surface area contributed by atoms with Crippen LogP contribution in [0, 0.1) is 12.7 Å².